The number of piperidine rings is 1. The highest BCUT2D eigenvalue weighted by Crippen LogP contribution is 2.42. The molecule has 4 nitrogen and oxygen atoms in total. The van der Waals surface area contributed by atoms with E-state index in [4.69, 9.17) is 15.2 Å². The van der Waals surface area contributed by atoms with Gasteiger partial charge >= 0.3 is 0 Å². The van der Waals surface area contributed by atoms with Crippen molar-refractivity contribution in [2.75, 3.05) is 33.9 Å². The monoisotopic (exact) mass is 278 g/mol. The van der Waals surface area contributed by atoms with Crippen LogP contribution in [-0.4, -0.2) is 38.8 Å². The highest BCUT2D eigenvalue weighted by molar-refractivity contribution is 5.48. The molecule has 0 saturated carbocycles. The maximum atomic E-state index is 6.01. The number of likely N-dealkylation sites (tertiary alicyclic amines) is 1. The van der Waals surface area contributed by atoms with Gasteiger partial charge in [0.25, 0.3) is 0 Å². The van der Waals surface area contributed by atoms with Gasteiger partial charge in [0, 0.05) is 11.6 Å². The molecule has 4 heteroatoms. The van der Waals surface area contributed by atoms with Gasteiger partial charge in [0.1, 0.15) is 0 Å². The minimum atomic E-state index is 0.323. The van der Waals surface area contributed by atoms with Crippen molar-refractivity contribution in [1.82, 2.24) is 4.90 Å². The molecule has 0 aromatic heterocycles. The molecule has 0 aliphatic carbocycles. The van der Waals surface area contributed by atoms with E-state index in [-0.39, 0.29) is 0 Å². The van der Waals surface area contributed by atoms with Crippen LogP contribution in [-0.2, 0) is 0 Å². The molecule has 1 aliphatic rings. The smallest absolute Gasteiger partial charge is 0.165 e. The number of ether oxygens (including phenoxy) is 2. The lowest BCUT2D eigenvalue weighted by Crippen LogP contribution is -2.41. The summed E-state index contributed by atoms with van der Waals surface area (Å²) in [4.78, 5) is 2.50. The van der Waals surface area contributed by atoms with Crippen LogP contribution in [0.4, 0.5) is 0 Å². The molecule has 1 aromatic carbocycles. The van der Waals surface area contributed by atoms with Crippen molar-refractivity contribution < 1.29 is 9.47 Å². The summed E-state index contributed by atoms with van der Waals surface area (Å²) in [5, 5.41) is 0. The molecule has 20 heavy (non-hydrogen) atoms. The normalized spacial score (nSPS) is 23.6. The lowest BCUT2D eigenvalue weighted by Gasteiger charge is -2.41. The summed E-state index contributed by atoms with van der Waals surface area (Å²) < 4.78 is 11.0. The minimum absolute atomic E-state index is 0.323. The first-order chi connectivity index (χ1) is 9.76. The van der Waals surface area contributed by atoms with Gasteiger partial charge in [-0.1, -0.05) is 19.1 Å². The SMILES string of the molecule is CCN1CCCC(CN)C1c1cccc(OC)c1OC. The van der Waals surface area contributed by atoms with Crippen LogP contribution in [0.2, 0.25) is 0 Å². The van der Waals surface area contributed by atoms with Crippen LogP contribution in [0.15, 0.2) is 18.2 Å². The fourth-order valence-corrected chi connectivity index (χ4v) is 3.35. The number of nitrogens with two attached hydrogens (primary N) is 1. The Morgan fingerprint density at radius 3 is 2.70 bits per heavy atom. The number of para-hydroxylation sites is 1. The first kappa shape index (κ1) is 15.1. The van der Waals surface area contributed by atoms with Crippen molar-refractivity contribution in [3.63, 3.8) is 0 Å². The Labute approximate surface area is 121 Å². The number of benzene rings is 1. The van der Waals surface area contributed by atoms with Crippen LogP contribution in [0.5, 0.6) is 11.5 Å². The Morgan fingerprint density at radius 2 is 2.10 bits per heavy atom. The molecule has 2 unspecified atom stereocenters. The van der Waals surface area contributed by atoms with Gasteiger partial charge in [0.2, 0.25) is 0 Å². The number of nitrogens with zero attached hydrogens (tertiary/aromatic N) is 1. The van der Waals surface area contributed by atoms with Crippen molar-refractivity contribution in [3.05, 3.63) is 23.8 Å². The van der Waals surface area contributed by atoms with Crippen molar-refractivity contribution in [2.45, 2.75) is 25.8 Å². The third kappa shape index (κ3) is 2.76. The van der Waals surface area contributed by atoms with Crippen LogP contribution in [0, 0.1) is 5.92 Å². The summed E-state index contributed by atoms with van der Waals surface area (Å²) in [5.74, 6) is 2.12. The molecule has 2 N–H and O–H groups in total. The van der Waals surface area contributed by atoms with E-state index in [1.807, 2.05) is 12.1 Å². The Hall–Kier alpha value is -1.26. The number of rotatable bonds is 5. The fraction of sp³-hybridized carbons (Fsp3) is 0.625. The zero-order valence-corrected chi connectivity index (χ0v) is 12.8. The van der Waals surface area contributed by atoms with Gasteiger partial charge in [-0.25, -0.2) is 0 Å². The van der Waals surface area contributed by atoms with Gasteiger partial charge in [-0.15, -0.1) is 0 Å². The molecule has 1 aromatic rings. The van der Waals surface area contributed by atoms with E-state index in [2.05, 4.69) is 17.9 Å². The van der Waals surface area contributed by atoms with E-state index < -0.39 is 0 Å². The first-order valence-electron chi connectivity index (χ1n) is 7.41. The van der Waals surface area contributed by atoms with Crippen LogP contribution in [0.25, 0.3) is 0 Å². The third-order valence-electron chi connectivity index (χ3n) is 4.32. The summed E-state index contributed by atoms with van der Waals surface area (Å²) in [6.07, 6.45) is 2.40. The molecular weight excluding hydrogens is 252 g/mol. The lowest BCUT2D eigenvalue weighted by molar-refractivity contribution is 0.0994. The van der Waals surface area contributed by atoms with Crippen molar-refractivity contribution >= 4 is 0 Å². The molecule has 1 fully saturated rings. The minimum Gasteiger partial charge on any atom is -0.493 e. The van der Waals surface area contributed by atoms with E-state index in [9.17, 15) is 0 Å². The molecule has 0 spiro atoms. The molecule has 1 saturated heterocycles. The van der Waals surface area contributed by atoms with Crippen molar-refractivity contribution in [1.29, 1.82) is 0 Å². The van der Waals surface area contributed by atoms with Crippen LogP contribution >= 0.6 is 0 Å². The van der Waals surface area contributed by atoms with E-state index in [1.54, 1.807) is 14.2 Å². The van der Waals surface area contributed by atoms with Gasteiger partial charge in [-0.05, 0) is 44.5 Å². The highest BCUT2D eigenvalue weighted by Gasteiger charge is 2.33. The molecule has 1 aliphatic heterocycles. The fourth-order valence-electron chi connectivity index (χ4n) is 3.35. The first-order valence-corrected chi connectivity index (χ1v) is 7.41. The Morgan fingerprint density at radius 1 is 1.30 bits per heavy atom. The maximum Gasteiger partial charge on any atom is 0.165 e. The van der Waals surface area contributed by atoms with Crippen LogP contribution in [0.1, 0.15) is 31.4 Å². The van der Waals surface area contributed by atoms with Gasteiger partial charge in [-0.2, -0.15) is 0 Å². The van der Waals surface area contributed by atoms with Gasteiger partial charge in [0.15, 0.2) is 11.5 Å². The van der Waals surface area contributed by atoms with Crippen molar-refractivity contribution in [3.8, 4) is 11.5 Å². The van der Waals surface area contributed by atoms with E-state index in [0.717, 1.165) is 24.6 Å². The average Bonchev–Trinajstić information content (AvgIpc) is 2.52. The second-order valence-electron chi connectivity index (χ2n) is 5.29. The van der Waals surface area contributed by atoms with Crippen molar-refractivity contribution in [2.24, 2.45) is 11.7 Å². The van der Waals surface area contributed by atoms with Gasteiger partial charge in [0.05, 0.1) is 14.2 Å². The highest BCUT2D eigenvalue weighted by atomic mass is 16.5. The third-order valence-corrected chi connectivity index (χ3v) is 4.32. The topological polar surface area (TPSA) is 47.7 Å². The number of hydrogen-bond acceptors (Lipinski definition) is 4. The molecular formula is C16H26N2O2. The van der Waals surface area contributed by atoms with E-state index in [1.165, 1.54) is 18.4 Å². The maximum absolute atomic E-state index is 6.01. The summed E-state index contributed by atoms with van der Waals surface area (Å²) in [6.45, 7) is 5.07. The number of methoxy groups -OCH3 is 2. The average molecular weight is 278 g/mol. The molecule has 0 bridgehead atoms. The Kier molecular flexibility index (Phi) is 5.26. The van der Waals surface area contributed by atoms with E-state index >= 15 is 0 Å². The summed E-state index contributed by atoms with van der Waals surface area (Å²) in [6, 6.07) is 6.44. The molecule has 112 valence electrons. The zero-order valence-electron chi connectivity index (χ0n) is 12.8. The molecule has 2 rings (SSSR count). The molecule has 2 atom stereocenters. The zero-order chi connectivity index (χ0) is 14.5. The molecule has 0 amide bonds. The quantitative estimate of drug-likeness (QED) is 0.898. The molecule has 0 radical (unpaired) electrons. The second kappa shape index (κ2) is 6.95. The largest absolute Gasteiger partial charge is 0.493 e. The van der Waals surface area contributed by atoms with Gasteiger partial charge in [-0.3, -0.25) is 4.90 Å². The van der Waals surface area contributed by atoms with Crippen LogP contribution < -0.4 is 15.2 Å². The predicted octanol–water partition coefficient (Wildman–Crippen LogP) is 2.44. The summed E-state index contributed by atoms with van der Waals surface area (Å²) in [7, 11) is 3.39. The van der Waals surface area contributed by atoms with E-state index in [0.29, 0.717) is 18.5 Å². The second-order valence-corrected chi connectivity index (χ2v) is 5.29. The molecule has 1 heterocycles. The number of hydrogen-bond donors (Lipinski definition) is 1. The predicted molar refractivity (Wildman–Crippen MR) is 81.3 cm³/mol. The standard InChI is InChI=1S/C16H26N2O2/c1-4-18-10-6-7-12(11-17)15(18)13-8-5-9-14(19-2)16(13)20-3/h5,8-9,12,15H,4,6-7,10-11,17H2,1-3H3. The Bertz CT molecular complexity index is 424. The van der Waals surface area contributed by atoms with Gasteiger partial charge < -0.3 is 15.2 Å². The lowest BCUT2D eigenvalue weighted by atomic mass is 9.84. The summed E-state index contributed by atoms with van der Waals surface area (Å²) in [5.41, 5.74) is 7.21. The van der Waals surface area contributed by atoms with Crippen LogP contribution in [0.3, 0.4) is 0 Å². The summed E-state index contributed by atoms with van der Waals surface area (Å²) >= 11 is 0. The Balaban J connectivity index is 2.45.